The van der Waals surface area contributed by atoms with E-state index in [2.05, 4.69) is 10.3 Å². The molecule has 1 aromatic carbocycles. The van der Waals surface area contributed by atoms with Crippen molar-refractivity contribution >= 4 is 18.0 Å². The van der Waals surface area contributed by atoms with Crippen molar-refractivity contribution in [1.29, 1.82) is 0 Å². The summed E-state index contributed by atoms with van der Waals surface area (Å²) in [6.07, 6.45) is 3.02. The first-order chi connectivity index (χ1) is 8.58. The van der Waals surface area contributed by atoms with E-state index in [9.17, 15) is 4.39 Å². The van der Waals surface area contributed by atoms with Gasteiger partial charge < -0.3 is 10.4 Å². The molecule has 1 unspecified atom stereocenters. The molecule has 5 heteroatoms. The molecule has 0 saturated heterocycles. The van der Waals surface area contributed by atoms with Crippen LogP contribution in [0.25, 0.3) is 6.08 Å². The van der Waals surface area contributed by atoms with Crippen LogP contribution in [-0.4, -0.2) is 22.3 Å². The van der Waals surface area contributed by atoms with Gasteiger partial charge in [0.1, 0.15) is 5.82 Å². The molecule has 0 aliphatic rings. The number of rotatable bonds is 4. The standard InChI is InChI=1S/C13H15FN2O2/c1-9(13(16-18)10(2)8-15-17)7-11-3-5-12(14)6-4-11/h3-8,10,17-18H,1-2H3. The van der Waals surface area contributed by atoms with Gasteiger partial charge in [-0.05, 0) is 30.2 Å². The quantitative estimate of drug-likeness (QED) is 0.489. The van der Waals surface area contributed by atoms with E-state index in [4.69, 9.17) is 10.4 Å². The van der Waals surface area contributed by atoms with Crippen molar-refractivity contribution in [2.45, 2.75) is 13.8 Å². The third-order valence-electron chi connectivity index (χ3n) is 2.49. The summed E-state index contributed by atoms with van der Waals surface area (Å²) in [5.41, 5.74) is 1.89. The van der Waals surface area contributed by atoms with Crippen molar-refractivity contribution in [3.8, 4) is 0 Å². The maximum absolute atomic E-state index is 12.7. The van der Waals surface area contributed by atoms with Gasteiger partial charge in [0.2, 0.25) is 0 Å². The van der Waals surface area contributed by atoms with Crippen molar-refractivity contribution in [2.75, 3.05) is 0 Å². The van der Waals surface area contributed by atoms with Gasteiger partial charge in [-0.2, -0.15) is 0 Å². The Kier molecular flexibility index (Phi) is 5.05. The number of halogens is 1. The van der Waals surface area contributed by atoms with Gasteiger partial charge in [0.05, 0.1) is 11.9 Å². The van der Waals surface area contributed by atoms with Crippen molar-refractivity contribution in [2.24, 2.45) is 16.2 Å². The Hall–Kier alpha value is -2.17. The predicted molar refractivity (Wildman–Crippen MR) is 68.7 cm³/mol. The Morgan fingerprint density at radius 1 is 1.28 bits per heavy atom. The molecule has 0 bridgehead atoms. The fraction of sp³-hybridized carbons (Fsp3) is 0.231. The smallest absolute Gasteiger partial charge is 0.123 e. The van der Waals surface area contributed by atoms with E-state index in [1.54, 1.807) is 32.1 Å². The average Bonchev–Trinajstić information content (AvgIpc) is 2.33. The molecule has 18 heavy (non-hydrogen) atoms. The van der Waals surface area contributed by atoms with Crippen LogP contribution in [-0.2, 0) is 0 Å². The maximum Gasteiger partial charge on any atom is 0.123 e. The molecule has 2 N–H and O–H groups in total. The highest BCUT2D eigenvalue weighted by atomic mass is 19.1. The second-order valence-electron chi connectivity index (χ2n) is 3.92. The zero-order valence-electron chi connectivity index (χ0n) is 10.2. The van der Waals surface area contributed by atoms with Gasteiger partial charge in [-0.15, -0.1) is 5.16 Å². The molecule has 0 saturated carbocycles. The molecule has 1 rings (SSSR count). The Morgan fingerprint density at radius 2 is 1.89 bits per heavy atom. The molecule has 1 atom stereocenters. The van der Waals surface area contributed by atoms with Crippen molar-refractivity contribution in [1.82, 2.24) is 0 Å². The SMILES string of the molecule is CC(=Cc1ccc(F)cc1)C(=NO)C(C)C=NO. The van der Waals surface area contributed by atoms with Gasteiger partial charge in [0.25, 0.3) is 0 Å². The van der Waals surface area contributed by atoms with Crippen LogP contribution in [0.2, 0.25) is 0 Å². The number of oxime groups is 2. The summed E-state index contributed by atoms with van der Waals surface area (Å²) in [7, 11) is 0. The average molecular weight is 250 g/mol. The minimum absolute atomic E-state index is 0.304. The van der Waals surface area contributed by atoms with Crippen molar-refractivity contribution in [3.63, 3.8) is 0 Å². The molecule has 0 heterocycles. The van der Waals surface area contributed by atoms with E-state index < -0.39 is 0 Å². The number of benzene rings is 1. The van der Waals surface area contributed by atoms with Gasteiger partial charge in [-0.1, -0.05) is 30.3 Å². The number of allylic oxidation sites excluding steroid dienone is 1. The molecule has 0 aliphatic carbocycles. The Balaban J connectivity index is 2.97. The van der Waals surface area contributed by atoms with Gasteiger partial charge in [-0.25, -0.2) is 4.39 Å². The first kappa shape index (κ1) is 13.9. The molecule has 4 nitrogen and oxygen atoms in total. The zero-order chi connectivity index (χ0) is 13.5. The van der Waals surface area contributed by atoms with Gasteiger partial charge in [0, 0.05) is 5.92 Å². The normalized spacial score (nSPS) is 15.1. The largest absolute Gasteiger partial charge is 0.411 e. The summed E-state index contributed by atoms with van der Waals surface area (Å²) in [5.74, 6) is -0.627. The van der Waals surface area contributed by atoms with Crippen molar-refractivity contribution < 1.29 is 14.8 Å². The molecule has 0 radical (unpaired) electrons. The Morgan fingerprint density at radius 3 is 2.39 bits per heavy atom. The molecular weight excluding hydrogens is 235 g/mol. The van der Waals surface area contributed by atoms with Crippen molar-refractivity contribution in [3.05, 3.63) is 41.2 Å². The van der Waals surface area contributed by atoms with E-state index in [1.165, 1.54) is 18.3 Å². The zero-order valence-corrected chi connectivity index (χ0v) is 10.2. The molecule has 0 aromatic heterocycles. The van der Waals surface area contributed by atoms with Crippen LogP contribution >= 0.6 is 0 Å². The van der Waals surface area contributed by atoms with Gasteiger partial charge in [-0.3, -0.25) is 0 Å². The van der Waals surface area contributed by atoms with Crippen LogP contribution in [0.4, 0.5) is 4.39 Å². The summed E-state index contributed by atoms with van der Waals surface area (Å²) in [5, 5.41) is 23.5. The Labute approximate surface area is 105 Å². The number of nitrogens with zero attached hydrogens (tertiary/aromatic N) is 2. The molecule has 0 aliphatic heterocycles. The summed E-state index contributed by atoms with van der Waals surface area (Å²) < 4.78 is 12.7. The lowest BCUT2D eigenvalue weighted by Gasteiger charge is -2.08. The molecule has 96 valence electrons. The van der Waals surface area contributed by atoms with Crippen LogP contribution in [0.1, 0.15) is 19.4 Å². The topological polar surface area (TPSA) is 65.2 Å². The minimum Gasteiger partial charge on any atom is -0.411 e. The highest BCUT2D eigenvalue weighted by molar-refractivity contribution is 6.10. The lowest BCUT2D eigenvalue weighted by Crippen LogP contribution is -2.14. The summed E-state index contributed by atoms with van der Waals surface area (Å²) >= 11 is 0. The minimum atomic E-state index is -0.323. The summed E-state index contributed by atoms with van der Waals surface area (Å²) in [6, 6.07) is 5.96. The first-order valence-corrected chi connectivity index (χ1v) is 5.42. The third kappa shape index (κ3) is 3.69. The van der Waals surface area contributed by atoms with Crippen LogP contribution in [0.3, 0.4) is 0 Å². The van der Waals surface area contributed by atoms with Crippen LogP contribution in [0, 0.1) is 11.7 Å². The molecule has 1 aromatic rings. The van der Waals surface area contributed by atoms with E-state index in [0.717, 1.165) is 5.56 Å². The predicted octanol–water partition coefficient (Wildman–Crippen LogP) is 3.16. The van der Waals surface area contributed by atoms with E-state index >= 15 is 0 Å². The molecule has 0 spiro atoms. The van der Waals surface area contributed by atoms with Crippen LogP contribution < -0.4 is 0 Å². The van der Waals surface area contributed by atoms with E-state index in [0.29, 0.717) is 11.3 Å². The highest BCUT2D eigenvalue weighted by Crippen LogP contribution is 2.13. The molecule has 0 amide bonds. The van der Waals surface area contributed by atoms with Crippen LogP contribution in [0.5, 0.6) is 0 Å². The Bertz CT molecular complexity index is 478. The number of hydrogen-bond acceptors (Lipinski definition) is 4. The second kappa shape index (κ2) is 6.54. The summed E-state index contributed by atoms with van der Waals surface area (Å²) in [6.45, 7) is 3.50. The lowest BCUT2D eigenvalue weighted by atomic mass is 9.98. The van der Waals surface area contributed by atoms with Crippen LogP contribution in [0.15, 0.2) is 40.1 Å². The second-order valence-corrected chi connectivity index (χ2v) is 3.92. The number of hydrogen-bond donors (Lipinski definition) is 2. The summed E-state index contributed by atoms with van der Waals surface area (Å²) in [4.78, 5) is 0. The van der Waals surface area contributed by atoms with Gasteiger partial charge >= 0.3 is 0 Å². The molecular formula is C13H15FN2O2. The van der Waals surface area contributed by atoms with Gasteiger partial charge in [0.15, 0.2) is 0 Å². The van der Waals surface area contributed by atoms with E-state index in [-0.39, 0.29) is 11.7 Å². The molecule has 0 fully saturated rings. The fourth-order valence-corrected chi connectivity index (χ4v) is 1.58. The maximum atomic E-state index is 12.7. The third-order valence-corrected chi connectivity index (χ3v) is 2.49. The van der Waals surface area contributed by atoms with E-state index in [1.807, 2.05) is 0 Å². The fourth-order valence-electron chi connectivity index (χ4n) is 1.58. The first-order valence-electron chi connectivity index (χ1n) is 5.42. The monoisotopic (exact) mass is 250 g/mol. The lowest BCUT2D eigenvalue weighted by molar-refractivity contribution is 0.314. The highest BCUT2D eigenvalue weighted by Gasteiger charge is 2.11.